The van der Waals surface area contributed by atoms with Crippen molar-refractivity contribution in [1.82, 2.24) is 4.98 Å². The summed E-state index contributed by atoms with van der Waals surface area (Å²) >= 11 is 0. The molecule has 1 heterocycles. The monoisotopic (exact) mass is 223 g/mol. The first-order valence-corrected chi connectivity index (χ1v) is 5.66. The van der Waals surface area contributed by atoms with E-state index in [2.05, 4.69) is 22.5 Å². The second kappa shape index (κ2) is 5.70. The summed E-state index contributed by atoms with van der Waals surface area (Å²) in [5.74, 6) is 0. The molecule has 0 atom stereocenters. The number of anilines is 2. The molecule has 0 aliphatic heterocycles. The predicted octanol–water partition coefficient (Wildman–Crippen LogP) is 2.09. The van der Waals surface area contributed by atoms with Gasteiger partial charge in [0.1, 0.15) is 0 Å². The van der Waals surface area contributed by atoms with Crippen LogP contribution in [0.4, 0.5) is 11.4 Å². The molecule has 0 radical (unpaired) electrons. The molecule has 0 aromatic carbocycles. The Kier molecular flexibility index (Phi) is 4.55. The number of aromatic nitrogens is 1. The number of nitrogens with zero attached hydrogens (tertiary/aromatic N) is 1. The van der Waals surface area contributed by atoms with E-state index in [9.17, 15) is 5.11 Å². The molecule has 90 valence electrons. The molecule has 0 fully saturated rings. The van der Waals surface area contributed by atoms with E-state index in [0.29, 0.717) is 6.54 Å². The summed E-state index contributed by atoms with van der Waals surface area (Å²) in [5.41, 5.74) is 1.21. The summed E-state index contributed by atoms with van der Waals surface area (Å²) in [6.07, 6.45) is 4.63. The van der Waals surface area contributed by atoms with E-state index in [-0.39, 0.29) is 0 Å². The largest absolute Gasteiger partial charge is 0.389 e. The molecule has 0 aliphatic rings. The van der Waals surface area contributed by atoms with E-state index >= 15 is 0 Å². The summed E-state index contributed by atoms with van der Waals surface area (Å²) in [7, 11) is 0. The summed E-state index contributed by atoms with van der Waals surface area (Å²) in [6, 6.07) is 1.99. The molecule has 1 aromatic rings. The lowest BCUT2D eigenvalue weighted by atomic mass is 10.1. The molecule has 0 saturated heterocycles. The lowest BCUT2D eigenvalue weighted by molar-refractivity contribution is 0.0945. The van der Waals surface area contributed by atoms with Crippen molar-refractivity contribution in [2.45, 2.75) is 32.8 Å². The highest BCUT2D eigenvalue weighted by atomic mass is 16.3. The van der Waals surface area contributed by atoms with Gasteiger partial charge in [0.15, 0.2) is 0 Å². The topological polar surface area (TPSA) is 57.2 Å². The average Bonchev–Trinajstić information content (AvgIpc) is 2.23. The Morgan fingerprint density at radius 1 is 1.25 bits per heavy atom. The molecule has 0 spiro atoms. The van der Waals surface area contributed by atoms with Crippen LogP contribution in [0.2, 0.25) is 0 Å². The Balaban J connectivity index is 2.53. The van der Waals surface area contributed by atoms with Gasteiger partial charge in [-0.3, -0.25) is 4.98 Å². The van der Waals surface area contributed by atoms with Crippen LogP contribution in [0, 0.1) is 0 Å². The van der Waals surface area contributed by atoms with Gasteiger partial charge >= 0.3 is 0 Å². The minimum Gasteiger partial charge on any atom is -0.389 e. The van der Waals surface area contributed by atoms with Crippen LogP contribution >= 0.6 is 0 Å². The first-order valence-electron chi connectivity index (χ1n) is 5.66. The minimum atomic E-state index is -0.715. The Hall–Kier alpha value is -1.29. The second-order valence-corrected chi connectivity index (χ2v) is 4.56. The Morgan fingerprint density at radius 2 is 1.88 bits per heavy atom. The molecule has 0 aliphatic carbocycles. The van der Waals surface area contributed by atoms with E-state index in [1.165, 1.54) is 0 Å². The van der Waals surface area contributed by atoms with Crippen LogP contribution in [0.3, 0.4) is 0 Å². The summed E-state index contributed by atoms with van der Waals surface area (Å²) in [5, 5.41) is 16.0. The van der Waals surface area contributed by atoms with E-state index in [0.717, 1.165) is 24.3 Å². The average molecular weight is 223 g/mol. The first kappa shape index (κ1) is 12.8. The predicted molar refractivity (Wildman–Crippen MR) is 67.8 cm³/mol. The minimum absolute atomic E-state index is 0.506. The van der Waals surface area contributed by atoms with Gasteiger partial charge in [-0.05, 0) is 26.3 Å². The molecule has 4 nitrogen and oxygen atoms in total. The van der Waals surface area contributed by atoms with Crippen molar-refractivity contribution < 1.29 is 5.11 Å². The third-order valence-electron chi connectivity index (χ3n) is 2.04. The van der Waals surface area contributed by atoms with Gasteiger partial charge in [0.05, 0.1) is 29.4 Å². The highest BCUT2D eigenvalue weighted by molar-refractivity contribution is 5.54. The first-order chi connectivity index (χ1) is 7.51. The van der Waals surface area contributed by atoms with Gasteiger partial charge in [-0.25, -0.2) is 0 Å². The molecule has 4 heteroatoms. The van der Waals surface area contributed by atoms with Crippen molar-refractivity contribution in [2.75, 3.05) is 23.7 Å². The van der Waals surface area contributed by atoms with Gasteiger partial charge in [-0.2, -0.15) is 0 Å². The fraction of sp³-hybridized carbons (Fsp3) is 0.583. The lowest BCUT2D eigenvalue weighted by Gasteiger charge is -2.18. The van der Waals surface area contributed by atoms with Crippen molar-refractivity contribution in [3.05, 3.63) is 18.5 Å². The van der Waals surface area contributed by atoms with Crippen molar-refractivity contribution in [3.8, 4) is 0 Å². The fourth-order valence-electron chi connectivity index (χ4n) is 1.22. The van der Waals surface area contributed by atoms with Gasteiger partial charge in [0, 0.05) is 13.1 Å². The van der Waals surface area contributed by atoms with Crippen LogP contribution in [0.1, 0.15) is 27.2 Å². The van der Waals surface area contributed by atoms with Crippen LogP contribution in [0.5, 0.6) is 0 Å². The van der Waals surface area contributed by atoms with Gasteiger partial charge in [0.2, 0.25) is 0 Å². The quantitative estimate of drug-likeness (QED) is 0.691. The normalized spacial score (nSPS) is 11.2. The number of hydrogen-bond acceptors (Lipinski definition) is 4. The Morgan fingerprint density at radius 3 is 2.44 bits per heavy atom. The Bertz CT molecular complexity index is 320. The highest BCUT2D eigenvalue weighted by Crippen LogP contribution is 2.14. The molecule has 0 unspecified atom stereocenters. The number of hydrogen-bond donors (Lipinski definition) is 3. The number of rotatable bonds is 6. The maximum absolute atomic E-state index is 9.59. The van der Waals surface area contributed by atoms with Crippen molar-refractivity contribution >= 4 is 11.4 Å². The molecule has 0 saturated carbocycles. The van der Waals surface area contributed by atoms with Gasteiger partial charge < -0.3 is 15.7 Å². The molecule has 1 rings (SSSR count). The van der Waals surface area contributed by atoms with E-state index in [1.54, 1.807) is 26.2 Å². The van der Waals surface area contributed by atoms with Crippen molar-refractivity contribution in [3.63, 3.8) is 0 Å². The van der Waals surface area contributed by atoms with Crippen molar-refractivity contribution in [1.29, 1.82) is 0 Å². The number of pyridine rings is 1. The molecule has 3 N–H and O–H groups in total. The zero-order chi connectivity index (χ0) is 12.0. The van der Waals surface area contributed by atoms with Crippen LogP contribution in [0.25, 0.3) is 0 Å². The molecular formula is C12H21N3O. The summed E-state index contributed by atoms with van der Waals surface area (Å²) in [4.78, 5) is 4.13. The van der Waals surface area contributed by atoms with Gasteiger partial charge in [0.25, 0.3) is 0 Å². The maximum Gasteiger partial charge on any atom is 0.0763 e. The molecule has 0 amide bonds. The number of aliphatic hydroxyl groups is 1. The summed E-state index contributed by atoms with van der Waals surface area (Å²) in [6.45, 7) is 7.11. The third kappa shape index (κ3) is 4.98. The molecule has 0 bridgehead atoms. The maximum atomic E-state index is 9.59. The third-order valence-corrected chi connectivity index (χ3v) is 2.04. The molecule has 1 aromatic heterocycles. The van der Waals surface area contributed by atoms with Crippen LogP contribution in [0.15, 0.2) is 18.5 Å². The SMILES string of the molecule is CCCNc1cncc(NCC(C)(C)O)c1. The lowest BCUT2D eigenvalue weighted by Crippen LogP contribution is -2.29. The smallest absolute Gasteiger partial charge is 0.0763 e. The van der Waals surface area contributed by atoms with Gasteiger partial charge in [-0.1, -0.05) is 6.92 Å². The van der Waals surface area contributed by atoms with E-state index in [4.69, 9.17) is 0 Å². The van der Waals surface area contributed by atoms with Crippen LogP contribution in [-0.2, 0) is 0 Å². The molecule has 16 heavy (non-hydrogen) atoms. The highest BCUT2D eigenvalue weighted by Gasteiger charge is 2.11. The zero-order valence-electron chi connectivity index (χ0n) is 10.2. The second-order valence-electron chi connectivity index (χ2n) is 4.56. The fourth-order valence-corrected chi connectivity index (χ4v) is 1.22. The number of nitrogens with one attached hydrogen (secondary N) is 2. The zero-order valence-corrected chi connectivity index (χ0v) is 10.2. The van der Waals surface area contributed by atoms with Gasteiger partial charge in [-0.15, -0.1) is 0 Å². The van der Waals surface area contributed by atoms with Crippen molar-refractivity contribution in [2.24, 2.45) is 0 Å². The van der Waals surface area contributed by atoms with Crippen LogP contribution in [-0.4, -0.2) is 28.8 Å². The van der Waals surface area contributed by atoms with E-state index in [1.807, 2.05) is 6.07 Å². The summed E-state index contributed by atoms with van der Waals surface area (Å²) < 4.78 is 0. The Labute approximate surface area is 97.1 Å². The standard InChI is InChI=1S/C12H21N3O/c1-4-5-14-10-6-11(8-13-7-10)15-9-12(2,3)16/h6-8,14-16H,4-5,9H2,1-3H3. The van der Waals surface area contributed by atoms with Crippen LogP contribution < -0.4 is 10.6 Å². The molecular weight excluding hydrogens is 202 g/mol. The van der Waals surface area contributed by atoms with E-state index < -0.39 is 5.60 Å².